The van der Waals surface area contributed by atoms with E-state index in [1.807, 2.05) is 41.4 Å². The van der Waals surface area contributed by atoms with Gasteiger partial charge in [0.25, 0.3) is 0 Å². The van der Waals surface area contributed by atoms with Gasteiger partial charge in [0.15, 0.2) is 0 Å². The fraction of sp³-hybridized carbons (Fsp3) is 0.455. The zero-order valence-corrected chi connectivity index (χ0v) is 16.6. The van der Waals surface area contributed by atoms with E-state index in [0.29, 0.717) is 17.5 Å². The first-order valence-electron chi connectivity index (χ1n) is 10.2. The number of halogens is 1. The van der Waals surface area contributed by atoms with Crippen LogP contribution in [-0.4, -0.2) is 53.0 Å². The molecule has 6 heteroatoms. The Hall–Kier alpha value is -2.11. The molecule has 1 aromatic carbocycles. The Kier molecular flexibility index (Phi) is 4.73. The van der Waals surface area contributed by atoms with Crippen LogP contribution in [0.1, 0.15) is 35.7 Å². The lowest BCUT2D eigenvalue weighted by molar-refractivity contribution is 0.0714. The molecule has 2 amide bonds. The Bertz CT molecular complexity index is 863. The summed E-state index contributed by atoms with van der Waals surface area (Å²) < 4.78 is 0. The topological polar surface area (TPSA) is 48.5 Å². The number of piperidine rings is 3. The molecular weight excluding hydrogens is 372 g/mol. The van der Waals surface area contributed by atoms with Crippen molar-refractivity contribution in [2.75, 3.05) is 26.2 Å². The lowest BCUT2D eigenvalue weighted by Gasteiger charge is -2.46. The smallest absolute Gasteiger partial charge is 0.318 e. The lowest BCUT2D eigenvalue weighted by atomic mass is 9.84. The fourth-order valence-corrected chi connectivity index (χ4v) is 5.12. The van der Waals surface area contributed by atoms with Crippen LogP contribution >= 0.6 is 11.6 Å². The highest BCUT2D eigenvalue weighted by Gasteiger charge is 2.38. The molecule has 1 N–H and O–H groups in total. The number of urea groups is 1. The first-order chi connectivity index (χ1) is 13.7. The van der Waals surface area contributed by atoms with Gasteiger partial charge in [-0.2, -0.15) is 0 Å². The zero-order chi connectivity index (χ0) is 19.1. The van der Waals surface area contributed by atoms with Crippen molar-refractivity contribution in [2.45, 2.75) is 31.3 Å². The maximum atomic E-state index is 13.3. The number of hydrogen-bond donors (Lipinski definition) is 1. The number of nitrogens with one attached hydrogen (secondary N) is 1. The zero-order valence-electron chi connectivity index (χ0n) is 15.9. The Labute approximate surface area is 170 Å². The van der Waals surface area contributed by atoms with Gasteiger partial charge in [0, 0.05) is 30.4 Å². The molecule has 1 aromatic heterocycles. The number of fused-ring (bicyclic) bond motifs is 4. The van der Waals surface area contributed by atoms with Gasteiger partial charge in [-0.25, -0.2) is 4.79 Å². The molecule has 0 spiro atoms. The summed E-state index contributed by atoms with van der Waals surface area (Å²) in [6.45, 7) is 4.01. The Morgan fingerprint density at radius 3 is 2.61 bits per heavy atom. The van der Waals surface area contributed by atoms with Crippen LogP contribution in [0.25, 0.3) is 0 Å². The van der Waals surface area contributed by atoms with Crippen LogP contribution in [0, 0.1) is 5.92 Å². The van der Waals surface area contributed by atoms with Gasteiger partial charge in [-0.1, -0.05) is 29.8 Å². The molecule has 28 heavy (non-hydrogen) atoms. The highest BCUT2D eigenvalue weighted by atomic mass is 35.5. The molecule has 3 fully saturated rings. The maximum absolute atomic E-state index is 13.3. The van der Waals surface area contributed by atoms with Crippen molar-refractivity contribution in [1.82, 2.24) is 20.1 Å². The van der Waals surface area contributed by atoms with Crippen molar-refractivity contribution in [3.05, 3.63) is 64.4 Å². The van der Waals surface area contributed by atoms with Gasteiger partial charge in [0.05, 0.1) is 5.69 Å². The number of carbonyl (C=O) groups excluding carboxylic acids is 1. The Balaban J connectivity index is 1.43. The van der Waals surface area contributed by atoms with Crippen molar-refractivity contribution >= 4 is 17.6 Å². The number of aromatic nitrogens is 1. The van der Waals surface area contributed by atoms with Crippen LogP contribution in [0.3, 0.4) is 0 Å². The standard InChI is InChI=1S/C22H25ClN4O/c23-18-5-3-17(4-6-18)21-20-16(2-1-10-24-20)9-13-27(21)22(28)25-19-14-26-11-7-15(19)8-12-26/h1-6,10,15,19,21H,7-9,11-14H2,(H,25,28)/t19-,21+/m1/s1. The maximum Gasteiger partial charge on any atom is 0.318 e. The second-order valence-electron chi connectivity index (χ2n) is 8.14. The third-order valence-electron chi connectivity index (χ3n) is 6.53. The largest absolute Gasteiger partial charge is 0.334 e. The summed E-state index contributed by atoms with van der Waals surface area (Å²) >= 11 is 6.10. The minimum atomic E-state index is -0.177. The van der Waals surface area contributed by atoms with Crippen molar-refractivity contribution in [3.8, 4) is 0 Å². The van der Waals surface area contributed by atoms with Crippen LogP contribution in [0.5, 0.6) is 0 Å². The molecule has 0 radical (unpaired) electrons. The molecular formula is C22H25ClN4O. The van der Waals surface area contributed by atoms with Crippen LogP contribution in [0.4, 0.5) is 4.79 Å². The van der Waals surface area contributed by atoms with Gasteiger partial charge in [-0.3, -0.25) is 4.98 Å². The Morgan fingerprint density at radius 1 is 1.11 bits per heavy atom. The number of nitrogens with zero attached hydrogens (tertiary/aromatic N) is 3. The summed E-state index contributed by atoms with van der Waals surface area (Å²) in [7, 11) is 0. The second kappa shape index (κ2) is 7.37. The summed E-state index contributed by atoms with van der Waals surface area (Å²) in [6, 6.07) is 12.0. The molecule has 4 aliphatic heterocycles. The van der Waals surface area contributed by atoms with E-state index in [2.05, 4.69) is 21.3 Å². The fourth-order valence-electron chi connectivity index (χ4n) is 5.00. The van der Waals surface area contributed by atoms with E-state index < -0.39 is 0 Å². The summed E-state index contributed by atoms with van der Waals surface area (Å²) in [5, 5.41) is 4.05. The highest BCUT2D eigenvalue weighted by Crippen LogP contribution is 2.35. The molecule has 5 heterocycles. The molecule has 0 saturated carbocycles. The van der Waals surface area contributed by atoms with Gasteiger partial charge in [0.1, 0.15) is 6.04 Å². The minimum Gasteiger partial charge on any atom is -0.334 e. The monoisotopic (exact) mass is 396 g/mol. The van der Waals surface area contributed by atoms with Crippen molar-refractivity contribution in [2.24, 2.45) is 5.92 Å². The van der Waals surface area contributed by atoms with Gasteiger partial charge in [-0.05, 0) is 67.6 Å². The molecule has 2 atom stereocenters. The van der Waals surface area contributed by atoms with Crippen molar-refractivity contribution in [1.29, 1.82) is 0 Å². The number of rotatable bonds is 2. The van der Waals surface area contributed by atoms with E-state index in [4.69, 9.17) is 11.6 Å². The van der Waals surface area contributed by atoms with Crippen LogP contribution in [-0.2, 0) is 6.42 Å². The SMILES string of the molecule is O=C(N[C@@H]1CN2CCC1CC2)N1CCc2cccnc2[C@@H]1c1ccc(Cl)cc1. The first kappa shape index (κ1) is 18.0. The molecule has 0 aliphatic carbocycles. The summed E-state index contributed by atoms with van der Waals surface area (Å²) in [5.74, 6) is 0.609. The van der Waals surface area contributed by atoms with E-state index >= 15 is 0 Å². The highest BCUT2D eigenvalue weighted by molar-refractivity contribution is 6.30. The second-order valence-corrected chi connectivity index (χ2v) is 8.58. The molecule has 4 aliphatic rings. The summed E-state index contributed by atoms with van der Waals surface area (Å²) in [4.78, 5) is 22.4. The van der Waals surface area contributed by atoms with Crippen LogP contribution < -0.4 is 5.32 Å². The predicted molar refractivity (Wildman–Crippen MR) is 109 cm³/mol. The summed E-state index contributed by atoms with van der Waals surface area (Å²) in [5.41, 5.74) is 3.24. The van der Waals surface area contributed by atoms with E-state index in [0.717, 1.165) is 24.2 Å². The predicted octanol–water partition coefficient (Wildman–Crippen LogP) is 3.49. The number of carbonyl (C=O) groups is 1. The average molecular weight is 397 g/mol. The summed E-state index contributed by atoms with van der Waals surface area (Å²) in [6.07, 6.45) is 5.03. The molecule has 146 valence electrons. The van der Waals surface area contributed by atoms with Gasteiger partial charge in [-0.15, -0.1) is 0 Å². The van der Waals surface area contributed by atoms with Crippen LogP contribution in [0.2, 0.25) is 5.02 Å². The van der Waals surface area contributed by atoms with E-state index in [1.54, 1.807) is 0 Å². The van der Waals surface area contributed by atoms with Crippen LogP contribution in [0.15, 0.2) is 42.6 Å². The van der Waals surface area contributed by atoms with Gasteiger partial charge in [0.2, 0.25) is 0 Å². The van der Waals surface area contributed by atoms with Crippen molar-refractivity contribution < 1.29 is 4.79 Å². The lowest BCUT2D eigenvalue weighted by Crippen LogP contribution is -2.59. The van der Waals surface area contributed by atoms with E-state index in [1.165, 1.54) is 31.5 Å². The van der Waals surface area contributed by atoms with Gasteiger partial charge >= 0.3 is 6.03 Å². The molecule has 3 saturated heterocycles. The number of amides is 2. The molecule has 5 nitrogen and oxygen atoms in total. The Morgan fingerprint density at radius 2 is 1.89 bits per heavy atom. The average Bonchev–Trinajstić information content (AvgIpc) is 2.74. The minimum absolute atomic E-state index is 0.0232. The third-order valence-corrected chi connectivity index (χ3v) is 6.78. The van der Waals surface area contributed by atoms with Gasteiger partial charge < -0.3 is 15.1 Å². The third kappa shape index (κ3) is 3.27. The van der Waals surface area contributed by atoms with E-state index in [9.17, 15) is 4.79 Å². The normalized spacial score (nSPS) is 28.7. The number of benzene rings is 1. The van der Waals surface area contributed by atoms with E-state index in [-0.39, 0.29) is 18.1 Å². The number of pyridine rings is 1. The molecule has 2 bridgehead atoms. The quantitative estimate of drug-likeness (QED) is 0.845. The first-order valence-corrected chi connectivity index (χ1v) is 10.6. The molecule has 6 rings (SSSR count). The van der Waals surface area contributed by atoms with Crippen molar-refractivity contribution in [3.63, 3.8) is 0 Å². The number of hydrogen-bond acceptors (Lipinski definition) is 3. The molecule has 0 unspecified atom stereocenters. The molecule has 2 aromatic rings.